The van der Waals surface area contributed by atoms with Crippen LogP contribution in [0.1, 0.15) is 36.2 Å². The Morgan fingerprint density at radius 3 is 2.70 bits per heavy atom. The van der Waals surface area contributed by atoms with Crippen LogP contribution in [-0.4, -0.2) is 12.5 Å². The van der Waals surface area contributed by atoms with Gasteiger partial charge in [-0.05, 0) is 49.1 Å². The van der Waals surface area contributed by atoms with Gasteiger partial charge in [-0.25, -0.2) is 0 Å². The number of hydrogen-bond acceptors (Lipinski definition) is 2. The number of amides is 1. The van der Waals surface area contributed by atoms with E-state index >= 15 is 0 Å². The first kappa shape index (κ1) is 17.5. The van der Waals surface area contributed by atoms with Crippen molar-refractivity contribution in [3.8, 4) is 5.75 Å². The lowest BCUT2D eigenvalue weighted by Crippen LogP contribution is -2.12. The minimum atomic E-state index is -0.134. The molecule has 0 bridgehead atoms. The van der Waals surface area contributed by atoms with Gasteiger partial charge in [0.05, 0.1) is 6.61 Å². The molecule has 0 heterocycles. The number of carbonyl (C=O) groups excluding carboxylic acids is 1. The van der Waals surface area contributed by atoms with Crippen LogP contribution in [0.25, 0.3) is 0 Å². The number of carbonyl (C=O) groups is 1. The Hall–Kier alpha value is -1.81. The molecule has 0 atom stereocenters. The highest BCUT2D eigenvalue weighted by Crippen LogP contribution is 2.21. The van der Waals surface area contributed by atoms with Crippen LogP contribution in [-0.2, 0) is 0 Å². The number of ether oxygens (including phenoxy) is 1. The van der Waals surface area contributed by atoms with Crippen LogP contribution >= 0.6 is 15.9 Å². The zero-order valence-electron chi connectivity index (χ0n) is 13.7. The molecule has 4 heteroatoms. The van der Waals surface area contributed by atoms with Gasteiger partial charge in [0.15, 0.2) is 0 Å². The molecule has 0 aromatic heterocycles. The van der Waals surface area contributed by atoms with Gasteiger partial charge >= 0.3 is 0 Å². The van der Waals surface area contributed by atoms with Gasteiger partial charge in [-0.1, -0.05) is 41.9 Å². The normalized spacial score (nSPS) is 10.7. The summed E-state index contributed by atoms with van der Waals surface area (Å²) in [5.41, 5.74) is 2.45. The second-order valence-electron chi connectivity index (χ2n) is 5.98. The van der Waals surface area contributed by atoms with E-state index in [0.717, 1.165) is 27.9 Å². The van der Waals surface area contributed by atoms with Gasteiger partial charge in [0.25, 0.3) is 5.91 Å². The number of halogens is 1. The summed E-state index contributed by atoms with van der Waals surface area (Å²) in [5, 5.41) is 2.90. The quantitative estimate of drug-likeness (QED) is 0.730. The van der Waals surface area contributed by atoms with Crippen molar-refractivity contribution in [2.75, 3.05) is 11.9 Å². The molecule has 0 unspecified atom stereocenters. The van der Waals surface area contributed by atoms with Crippen LogP contribution in [0.4, 0.5) is 5.69 Å². The molecule has 0 saturated carbocycles. The van der Waals surface area contributed by atoms with Gasteiger partial charge in [-0.2, -0.15) is 0 Å². The van der Waals surface area contributed by atoms with E-state index < -0.39 is 0 Å². The first-order valence-corrected chi connectivity index (χ1v) is 8.55. The fraction of sp³-hybridized carbons (Fsp3) is 0.316. The van der Waals surface area contributed by atoms with Crippen molar-refractivity contribution in [3.05, 3.63) is 58.1 Å². The second kappa shape index (κ2) is 8.16. The number of nitrogens with one attached hydrogen (secondary N) is 1. The lowest BCUT2D eigenvalue weighted by molar-refractivity contribution is 0.102. The van der Waals surface area contributed by atoms with Crippen molar-refractivity contribution in [2.45, 2.75) is 27.2 Å². The summed E-state index contributed by atoms with van der Waals surface area (Å²) in [6.45, 7) is 7.00. The average molecular weight is 376 g/mol. The number of benzene rings is 2. The molecule has 3 nitrogen and oxygen atoms in total. The smallest absolute Gasteiger partial charge is 0.255 e. The molecular weight excluding hydrogens is 354 g/mol. The lowest BCUT2D eigenvalue weighted by Gasteiger charge is -2.10. The predicted octanol–water partition coefficient (Wildman–Crippen LogP) is 5.43. The third kappa shape index (κ3) is 5.39. The SMILES string of the molecule is Cc1ccc(C(=O)Nc2cccc(OCCC(C)C)c2)cc1Br. The zero-order valence-corrected chi connectivity index (χ0v) is 15.3. The molecule has 23 heavy (non-hydrogen) atoms. The Labute approximate surface area is 146 Å². The van der Waals surface area contributed by atoms with Gasteiger partial charge in [-0.15, -0.1) is 0 Å². The first-order chi connectivity index (χ1) is 11.0. The maximum absolute atomic E-state index is 12.3. The van der Waals surface area contributed by atoms with Crippen LogP contribution in [0.15, 0.2) is 46.9 Å². The number of anilines is 1. The van der Waals surface area contributed by atoms with Crippen LogP contribution in [0.3, 0.4) is 0 Å². The summed E-state index contributed by atoms with van der Waals surface area (Å²) in [4.78, 5) is 12.3. The molecule has 2 aromatic rings. The van der Waals surface area contributed by atoms with E-state index in [2.05, 4.69) is 35.1 Å². The highest BCUT2D eigenvalue weighted by Gasteiger charge is 2.08. The standard InChI is InChI=1S/C19H22BrNO2/c1-13(2)9-10-23-17-6-4-5-16(12-17)21-19(22)15-8-7-14(3)18(20)11-15/h4-8,11-13H,9-10H2,1-3H3,(H,21,22). The molecule has 0 spiro atoms. The van der Waals surface area contributed by atoms with Crippen molar-refractivity contribution in [1.29, 1.82) is 0 Å². The molecule has 122 valence electrons. The van der Waals surface area contributed by atoms with Gasteiger partial charge in [-0.3, -0.25) is 4.79 Å². The largest absolute Gasteiger partial charge is 0.494 e. The number of aryl methyl sites for hydroxylation is 1. The summed E-state index contributed by atoms with van der Waals surface area (Å²) < 4.78 is 6.65. The maximum atomic E-state index is 12.3. The maximum Gasteiger partial charge on any atom is 0.255 e. The molecule has 0 radical (unpaired) electrons. The van der Waals surface area contributed by atoms with E-state index in [1.54, 1.807) is 0 Å². The molecule has 1 N–H and O–H groups in total. The third-order valence-electron chi connectivity index (χ3n) is 3.49. The average Bonchev–Trinajstić information content (AvgIpc) is 2.50. The minimum Gasteiger partial charge on any atom is -0.494 e. The van der Waals surface area contributed by atoms with E-state index in [-0.39, 0.29) is 5.91 Å². The molecule has 0 aliphatic rings. The monoisotopic (exact) mass is 375 g/mol. The minimum absolute atomic E-state index is 0.134. The summed E-state index contributed by atoms with van der Waals surface area (Å²) >= 11 is 3.45. The molecule has 0 saturated heterocycles. The van der Waals surface area contributed by atoms with Gasteiger partial charge < -0.3 is 10.1 Å². The Balaban J connectivity index is 2.01. The van der Waals surface area contributed by atoms with Crippen LogP contribution in [0, 0.1) is 12.8 Å². The van der Waals surface area contributed by atoms with Crippen molar-refractivity contribution in [2.24, 2.45) is 5.92 Å². The van der Waals surface area contributed by atoms with Crippen molar-refractivity contribution in [1.82, 2.24) is 0 Å². The van der Waals surface area contributed by atoms with E-state index in [1.807, 2.05) is 49.4 Å². The molecule has 2 rings (SSSR count). The summed E-state index contributed by atoms with van der Waals surface area (Å²) in [5.74, 6) is 1.25. The van der Waals surface area contributed by atoms with Crippen LogP contribution < -0.4 is 10.1 Å². The van der Waals surface area contributed by atoms with Crippen LogP contribution in [0.5, 0.6) is 5.75 Å². The van der Waals surface area contributed by atoms with Crippen molar-refractivity contribution < 1.29 is 9.53 Å². The molecule has 0 aliphatic carbocycles. The number of rotatable bonds is 6. The van der Waals surface area contributed by atoms with Gasteiger partial charge in [0, 0.05) is 21.8 Å². The molecule has 0 fully saturated rings. The predicted molar refractivity (Wildman–Crippen MR) is 98.2 cm³/mol. The van der Waals surface area contributed by atoms with Gasteiger partial charge in [0.2, 0.25) is 0 Å². The molecular formula is C19H22BrNO2. The Morgan fingerprint density at radius 1 is 1.22 bits per heavy atom. The van der Waals surface area contributed by atoms with Crippen molar-refractivity contribution >= 4 is 27.5 Å². The molecule has 1 amide bonds. The Morgan fingerprint density at radius 2 is 2.00 bits per heavy atom. The summed E-state index contributed by atoms with van der Waals surface area (Å²) in [6, 6.07) is 13.1. The second-order valence-corrected chi connectivity index (χ2v) is 6.83. The fourth-order valence-corrected chi connectivity index (χ4v) is 2.39. The van der Waals surface area contributed by atoms with E-state index in [9.17, 15) is 4.79 Å². The van der Waals surface area contributed by atoms with E-state index in [1.165, 1.54) is 0 Å². The zero-order chi connectivity index (χ0) is 16.8. The highest BCUT2D eigenvalue weighted by atomic mass is 79.9. The van der Waals surface area contributed by atoms with Crippen LogP contribution in [0.2, 0.25) is 0 Å². The number of hydrogen-bond donors (Lipinski definition) is 1. The van der Waals surface area contributed by atoms with E-state index in [0.29, 0.717) is 18.1 Å². The lowest BCUT2D eigenvalue weighted by atomic mass is 10.1. The van der Waals surface area contributed by atoms with Crippen molar-refractivity contribution in [3.63, 3.8) is 0 Å². The fourth-order valence-electron chi connectivity index (χ4n) is 2.01. The van der Waals surface area contributed by atoms with Gasteiger partial charge in [0.1, 0.15) is 5.75 Å². The summed E-state index contributed by atoms with van der Waals surface area (Å²) in [7, 11) is 0. The van der Waals surface area contributed by atoms with E-state index in [4.69, 9.17) is 4.74 Å². The Bertz CT molecular complexity index is 683. The first-order valence-electron chi connectivity index (χ1n) is 7.76. The highest BCUT2D eigenvalue weighted by molar-refractivity contribution is 9.10. The third-order valence-corrected chi connectivity index (χ3v) is 4.34. The topological polar surface area (TPSA) is 38.3 Å². The Kier molecular flexibility index (Phi) is 6.22. The molecule has 0 aliphatic heterocycles. The molecule has 2 aromatic carbocycles. The summed E-state index contributed by atoms with van der Waals surface area (Å²) in [6.07, 6.45) is 1.01.